The Hall–Kier alpha value is -1.57. The second-order valence-corrected chi connectivity index (χ2v) is 8.88. The Morgan fingerprint density at radius 2 is 2.16 bits per heavy atom. The van der Waals surface area contributed by atoms with Crippen molar-refractivity contribution >= 4 is 28.7 Å². The Bertz CT molecular complexity index is 781. The molecule has 0 fully saturated rings. The van der Waals surface area contributed by atoms with Crippen LogP contribution in [0.15, 0.2) is 30.5 Å². The van der Waals surface area contributed by atoms with Gasteiger partial charge in [0, 0.05) is 22.7 Å². The molecule has 0 spiro atoms. The quantitative estimate of drug-likeness (QED) is 0.692. The number of aromatic amines is 1. The monoisotopic (exact) mass is 453 g/mol. The highest BCUT2D eigenvalue weighted by atomic mass is 127. The number of rotatable bonds is 2. The van der Waals surface area contributed by atoms with Crippen LogP contribution in [0, 0.1) is 3.57 Å². The number of nitrogens with zero attached hydrogens (tertiary/aromatic N) is 2. The Balaban J connectivity index is 2.03. The molecule has 1 aliphatic rings. The van der Waals surface area contributed by atoms with E-state index in [0.29, 0.717) is 0 Å². The maximum absolute atomic E-state index is 12.9. The fraction of sp³-hybridized carbons (Fsp3) is 0.474. The van der Waals surface area contributed by atoms with Crippen LogP contribution >= 0.6 is 22.6 Å². The molecule has 0 radical (unpaired) electrons. The highest BCUT2D eigenvalue weighted by molar-refractivity contribution is 14.1. The molecule has 1 aromatic carbocycles. The van der Waals surface area contributed by atoms with Gasteiger partial charge >= 0.3 is 6.09 Å². The third-order valence-corrected chi connectivity index (χ3v) is 5.42. The van der Waals surface area contributed by atoms with Gasteiger partial charge in [-0.1, -0.05) is 12.1 Å². The van der Waals surface area contributed by atoms with Crippen LogP contribution in [0.2, 0.25) is 0 Å². The number of carbonyl (C=O) groups is 1. The van der Waals surface area contributed by atoms with Crippen LogP contribution in [0.3, 0.4) is 0 Å². The lowest BCUT2D eigenvalue weighted by Crippen LogP contribution is -2.52. The predicted octanol–water partition coefficient (Wildman–Crippen LogP) is 4.27. The van der Waals surface area contributed by atoms with Crippen LogP contribution in [0.5, 0.6) is 0 Å². The van der Waals surface area contributed by atoms with Crippen molar-refractivity contribution in [3.8, 4) is 0 Å². The Morgan fingerprint density at radius 1 is 1.40 bits per heavy atom. The molecule has 0 saturated carbocycles. The number of likely N-dealkylation sites (N-methyl/N-ethyl adjacent to an activating group) is 1. The van der Waals surface area contributed by atoms with Crippen LogP contribution in [-0.4, -0.2) is 33.8 Å². The van der Waals surface area contributed by atoms with Crippen molar-refractivity contribution in [1.29, 1.82) is 0 Å². The average molecular weight is 453 g/mol. The third kappa shape index (κ3) is 3.68. The number of aryl methyl sites for hydroxylation is 1. The molecule has 25 heavy (non-hydrogen) atoms. The minimum Gasteiger partial charge on any atom is -0.444 e. The van der Waals surface area contributed by atoms with E-state index in [1.807, 2.05) is 40.1 Å². The summed E-state index contributed by atoms with van der Waals surface area (Å²) in [6.07, 6.45) is 4.00. The number of fused-ring (bicyclic) bond motifs is 1. The largest absolute Gasteiger partial charge is 0.444 e. The van der Waals surface area contributed by atoms with E-state index in [4.69, 9.17) is 4.74 Å². The molecule has 1 amide bonds. The van der Waals surface area contributed by atoms with Gasteiger partial charge in [-0.25, -0.2) is 4.79 Å². The molecule has 2 aromatic rings. The first-order valence-electron chi connectivity index (χ1n) is 8.45. The summed E-state index contributed by atoms with van der Waals surface area (Å²) in [5.41, 5.74) is 2.52. The molecule has 1 aromatic heterocycles. The first-order valence-corrected chi connectivity index (χ1v) is 9.53. The molecule has 0 saturated heterocycles. The molecular weight excluding hydrogens is 429 g/mol. The first-order chi connectivity index (χ1) is 11.7. The van der Waals surface area contributed by atoms with E-state index >= 15 is 0 Å². The molecule has 3 rings (SSSR count). The SMILES string of the molecule is CN(C(=O)OC(C)(C)C)C1(c2cccc(I)c2)CCc2[nH]ncc2C1. The predicted molar refractivity (Wildman–Crippen MR) is 105 cm³/mol. The summed E-state index contributed by atoms with van der Waals surface area (Å²) >= 11 is 2.32. The number of hydrogen-bond donors (Lipinski definition) is 1. The van der Waals surface area contributed by atoms with Gasteiger partial charge in [-0.2, -0.15) is 5.10 Å². The van der Waals surface area contributed by atoms with Gasteiger partial charge in [0.25, 0.3) is 0 Å². The summed E-state index contributed by atoms with van der Waals surface area (Å²) in [7, 11) is 1.85. The Labute approximate surface area is 162 Å². The summed E-state index contributed by atoms with van der Waals surface area (Å²) in [6, 6.07) is 8.38. The molecular formula is C19H24IN3O2. The van der Waals surface area contributed by atoms with Crippen molar-refractivity contribution in [2.45, 2.75) is 51.2 Å². The molecule has 1 N–H and O–H groups in total. The van der Waals surface area contributed by atoms with E-state index in [1.54, 1.807) is 4.90 Å². The van der Waals surface area contributed by atoms with Crippen molar-refractivity contribution in [2.75, 3.05) is 7.05 Å². The van der Waals surface area contributed by atoms with Gasteiger partial charge in [-0.05, 0) is 79.5 Å². The first kappa shape index (κ1) is 18.2. The molecule has 1 atom stereocenters. The van der Waals surface area contributed by atoms with Gasteiger partial charge in [0.05, 0.1) is 11.7 Å². The van der Waals surface area contributed by atoms with Crippen molar-refractivity contribution in [3.05, 3.63) is 50.9 Å². The number of H-pyrrole nitrogens is 1. The van der Waals surface area contributed by atoms with Gasteiger partial charge in [-0.15, -0.1) is 0 Å². The summed E-state index contributed by atoms with van der Waals surface area (Å²) in [6.45, 7) is 5.68. The number of nitrogens with one attached hydrogen (secondary N) is 1. The number of ether oxygens (including phenoxy) is 1. The van der Waals surface area contributed by atoms with Gasteiger partial charge in [0.1, 0.15) is 5.60 Å². The topological polar surface area (TPSA) is 58.2 Å². The highest BCUT2D eigenvalue weighted by Gasteiger charge is 2.44. The number of amides is 1. The fourth-order valence-electron chi connectivity index (χ4n) is 3.45. The summed E-state index contributed by atoms with van der Waals surface area (Å²) in [5.74, 6) is 0. The maximum Gasteiger partial charge on any atom is 0.410 e. The number of halogens is 1. The number of carbonyl (C=O) groups excluding carboxylic acids is 1. The van der Waals surface area contributed by atoms with Crippen LogP contribution in [0.1, 0.15) is 44.0 Å². The van der Waals surface area contributed by atoms with Gasteiger partial charge in [0.2, 0.25) is 0 Å². The third-order valence-electron chi connectivity index (χ3n) is 4.75. The minimum atomic E-state index is -0.521. The second-order valence-electron chi connectivity index (χ2n) is 7.63. The Kier molecular flexibility index (Phi) is 4.83. The van der Waals surface area contributed by atoms with Crippen LogP contribution in [-0.2, 0) is 23.1 Å². The number of aromatic nitrogens is 2. The highest BCUT2D eigenvalue weighted by Crippen LogP contribution is 2.41. The molecule has 0 aliphatic heterocycles. The summed E-state index contributed by atoms with van der Waals surface area (Å²) in [5, 5.41) is 7.26. The normalized spacial score (nSPS) is 20.0. The lowest BCUT2D eigenvalue weighted by molar-refractivity contribution is 0.000151. The minimum absolute atomic E-state index is 0.293. The van der Waals surface area contributed by atoms with E-state index in [9.17, 15) is 4.79 Å². The maximum atomic E-state index is 12.9. The van der Waals surface area contributed by atoms with Crippen molar-refractivity contribution in [2.24, 2.45) is 0 Å². The van der Waals surface area contributed by atoms with Gasteiger partial charge in [0.15, 0.2) is 0 Å². The zero-order valence-corrected chi connectivity index (χ0v) is 17.3. The van der Waals surface area contributed by atoms with Gasteiger partial charge < -0.3 is 9.64 Å². The molecule has 1 aliphatic carbocycles. The van der Waals surface area contributed by atoms with Crippen molar-refractivity contribution in [3.63, 3.8) is 0 Å². The molecule has 5 nitrogen and oxygen atoms in total. The van der Waals surface area contributed by atoms with E-state index in [0.717, 1.165) is 28.4 Å². The standard InChI is InChI=1S/C19H24IN3O2/c1-18(2,3)25-17(24)23(4)19(14-6-5-7-15(20)10-14)9-8-16-13(11-19)12-21-22-16/h5-7,10,12H,8-9,11H2,1-4H3,(H,21,22). The summed E-state index contributed by atoms with van der Waals surface area (Å²) in [4.78, 5) is 14.6. The van der Waals surface area contributed by atoms with Crippen LogP contribution < -0.4 is 0 Å². The van der Waals surface area contributed by atoms with E-state index < -0.39 is 11.1 Å². The molecule has 1 heterocycles. The van der Waals surface area contributed by atoms with E-state index in [-0.39, 0.29) is 6.09 Å². The van der Waals surface area contributed by atoms with Gasteiger partial charge in [-0.3, -0.25) is 5.10 Å². The lowest BCUT2D eigenvalue weighted by atomic mass is 9.75. The lowest BCUT2D eigenvalue weighted by Gasteiger charge is -2.45. The molecule has 1 unspecified atom stereocenters. The summed E-state index contributed by atoms with van der Waals surface area (Å²) < 4.78 is 6.82. The van der Waals surface area contributed by atoms with E-state index in [2.05, 4.69) is 51.0 Å². The number of hydrogen-bond acceptors (Lipinski definition) is 3. The second kappa shape index (κ2) is 6.63. The van der Waals surface area contributed by atoms with E-state index in [1.165, 1.54) is 11.3 Å². The zero-order chi connectivity index (χ0) is 18.2. The smallest absolute Gasteiger partial charge is 0.410 e. The zero-order valence-electron chi connectivity index (χ0n) is 15.1. The van der Waals surface area contributed by atoms with Crippen molar-refractivity contribution < 1.29 is 9.53 Å². The Morgan fingerprint density at radius 3 is 2.84 bits per heavy atom. The van der Waals surface area contributed by atoms with Crippen LogP contribution in [0.4, 0.5) is 4.79 Å². The number of benzene rings is 1. The molecule has 0 bridgehead atoms. The molecule has 6 heteroatoms. The average Bonchev–Trinajstić information content (AvgIpc) is 2.99. The molecule has 134 valence electrons. The van der Waals surface area contributed by atoms with Crippen LogP contribution in [0.25, 0.3) is 0 Å². The van der Waals surface area contributed by atoms with Crippen molar-refractivity contribution in [1.82, 2.24) is 15.1 Å². The fourth-order valence-corrected chi connectivity index (χ4v) is 3.99.